The van der Waals surface area contributed by atoms with Crippen LogP contribution >= 0.6 is 0 Å². The van der Waals surface area contributed by atoms with Gasteiger partial charge in [-0.3, -0.25) is 14.4 Å². The molecule has 2 amide bonds. The molecule has 1 aromatic carbocycles. The molecule has 0 saturated carbocycles. The highest BCUT2D eigenvalue weighted by Crippen LogP contribution is 2.43. The summed E-state index contributed by atoms with van der Waals surface area (Å²) in [4.78, 5) is 36.3. The van der Waals surface area contributed by atoms with E-state index in [9.17, 15) is 28.3 Å². The number of epoxide rings is 1. The number of amides is 2. The third-order valence-electron chi connectivity index (χ3n) is 9.42. The molecule has 13 heteroatoms. The molecule has 0 unspecified atom stereocenters. The number of nitrogen functional groups attached to an aromatic ring is 1. The molecule has 3 aliphatic heterocycles. The average molecular weight is 704 g/mol. The molecule has 5 N–H and O–H groups in total. The van der Waals surface area contributed by atoms with Crippen LogP contribution in [0.5, 0.6) is 0 Å². The molecular weight excluding hydrogens is 652 g/mol. The van der Waals surface area contributed by atoms with E-state index in [0.29, 0.717) is 25.0 Å². The molecule has 0 aromatic heterocycles. The summed E-state index contributed by atoms with van der Waals surface area (Å²) in [5, 5.41) is 16.8. The van der Waals surface area contributed by atoms with E-state index < -0.39 is 41.9 Å². The van der Waals surface area contributed by atoms with Crippen molar-refractivity contribution in [1.29, 1.82) is 0 Å². The highest BCUT2D eigenvalue weighted by Gasteiger charge is 2.58. The van der Waals surface area contributed by atoms with Gasteiger partial charge >= 0.3 is 5.97 Å². The van der Waals surface area contributed by atoms with E-state index in [0.717, 1.165) is 18.9 Å². The van der Waals surface area contributed by atoms with Gasteiger partial charge in [-0.1, -0.05) is 36.8 Å². The molecule has 11 nitrogen and oxygen atoms in total. The Labute approximate surface area is 292 Å². The molecule has 0 bridgehead atoms. The summed E-state index contributed by atoms with van der Waals surface area (Å²) in [5.41, 5.74) is 6.08. The van der Waals surface area contributed by atoms with Crippen molar-refractivity contribution in [2.45, 2.75) is 128 Å². The second kappa shape index (κ2) is 16.6. The van der Waals surface area contributed by atoms with E-state index in [1.165, 1.54) is 31.2 Å². The zero-order valence-corrected chi connectivity index (χ0v) is 29.6. The van der Waals surface area contributed by atoms with Gasteiger partial charge < -0.3 is 40.4 Å². The zero-order valence-electron chi connectivity index (χ0n) is 29.6. The van der Waals surface area contributed by atoms with Crippen LogP contribution in [-0.2, 0) is 45.8 Å². The molecule has 9 atom stereocenters. The Morgan fingerprint density at radius 1 is 1.20 bits per heavy atom. The van der Waals surface area contributed by atoms with Gasteiger partial charge in [-0.15, -0.1) is 0 Å². The van der Waals surface area contributed by atoms with E-state index in [4.69, 9.17) is 24.7 Å². The fourth-order valence-electron chi connectivity index (χ4n) is 6.46. The van der Waals surface area contributed by atoms with Crippen molar-refractivity contribution in [3.05, 3.63) is 65.3 Å². The van der Waals surface area contributed by atoms with Gasteiger partial charge in [0.25, 0.3) is 5.92 Å². The summed E-state index contributed by atoms with van der Waals surface area (Å²) >= 11 is 0. The van der Waals surface area contributed by atoms with Gasteiger partial charge in [0.05, 0.1) is 37.4 Å². The zero-order chi connectivity index (χ0) is 36.8. The number of rotatable bonds is 13. The number of halogens is 2. The number of carbonyl (C=O) groups is 3. The van der Waals surface area contributed by atoms with Gasteiger partial charge in [0.2, 0.25) is 11.8 Å². The standard InChI is InChI=1S/C37H51F2N3O8/c1-21(7-12-31-22(2)15-30(24(4)49-31)42-33(44)14-9-23(3)48-25(5)43)8-13-32-35(46)37(20-47-37)18-27(50-32)17-34(45)41-19-26-10-11-29(40)28(16-26)36(6,38)39/h7-11,13-14,16,22-24,27,30-32,35,46H,12,15,17-20,40H2,1-6H3,(H,41,45)(H,42,44)/b13-8+,14-9-,21-7+/t22-,23-,24+,27+,30+,31-,32+,35+,37+/m0/s1. The van der Waals surface area contributed by atoms with Crippen LogP contribution in [0.2, 0.25) is 0 Å². The molecule has 3 heterocycles. The van der Waals surface area contributed by atoms with Crippen molar-refractivity contribution in [2.75, 3.05) is 12.3 Å². The average Bonchev–Trinajstić information content (AvgIpc) is 3.80. The van der Waals surface area contributed by atoms with Crippen LogP contribution in [0.3, 0.4) is 0 Å². The first kappa shape index (κ1) is 39.1. The number of allylic oxidation sites excluding steroid dienone is 2. The SMILES string of the molecule is CC(=O)O[C@@H](C)/C=C\C(=O)N[C@@H]1C[C@H](C)[C@H](C/C=C(C)/C=C/[C@H]2O[C@H](CC(=O)NCc3ccc(N)c(C(C)(F)F)c3)C[C@@]3(CO3)[C@@H]2O)O[C@@H]1C. The number of hydrogen-bond acceptors (Lipinski definition) is 9. The first-order chi connectivity index (χ1) is 23.5. The van der Waals surface area contributed by atoms with Crippen LogP contribution < -0.4 is 16.4 Å². The molecule has 276 valence electrons. The number of esters is 1. The van der Waals surface area contributed by atoms with Gasteiger partial charge in [-0.2, -0.15) is 0 Å². The normalized spacial score (nSPS) is 30.7. The summed E-state index contributed by atoms with van der Waals surface area (Å²) in [6.07, 6.45) is 7.51. The summed E-state index contributed by atoms with van der Waals surface area (Å²) in [5.74, 6) is -3.94. The lowest BCUT2D eigenvalue weighted by Crippen LogP contribution is -2.50. The fraction of sp³-hybridized carbons (Fsp3) is 0.595. The lowest BCUT2D eigenvalue weighted by Gasteiger charge is -2.39. The number of aliphatic hydroxyl groups excluding tert-OH is 1. The van der Waals surface area contributed by atoms with Gasteiger partial charge in [0.15, 0.2) is 0 Å². The van der Waals surface area contributed by atoms with Crippen molar-refractivity contribution in [3.8, 4) is 0 Å². The Bertz CT molecular complexity index is 1470. The topological polar surface area (TPSA) is 162 Å². The van der Waals surface area contributed by atoms with Crippen LogP contribution in [0.1, 0.15) is 78.4 Å². The number of anilines is 1. The monoisotopic (exact) mass is 703 g/mol. The second-order valence-corrected chi connectivity index (χ2v) is 13.9. The fourth-order valence-corrected chi connectivity index (χ4v) is 6.46. The van der Waals surface area contributed by atoms with Crippen molar-refractivity contribution in [2.24, 2.45) is 5.92 Å². The molecular formula is C37H51F2N3O8. The Morgan fingerprint density at radius 2 is 1.92 bits per heavy atom. The minimum absolute atomic E-state index is 0.0114. The van der Waals surface area contributed by atoms with Crippen molar-refractivity contribution < 1.29 is 47.2 Å². The molecule has 1 spiro atoms. The van der Waals surface area contributed by atoms with Crippen LogP contribution in [0, 0.1) is 5.92 Å². The summed E-state index contributed by atoms with van der Waals surface area (Å²) in [6.45, 7) is 10.2. The maximum absolute atomic E-state index is 13.9. The molecule has 3 fully saturated rings. The van der Waals surface area contributed by atoms with Crippen LogP contribution in [0.25, 0.3) is 0 Å². The third kappa shape index (κ3) is 10.9. The van der Waals surface area contributed by atoms with Gasteiger partial charge in [-0.05, 0) is 63.3 Å². The maximum atomic E-state index is 13.9. The minimum Gasteiger partial charge on any atom is -0.459 e. The number of aliphatic hydroxyl groups is 1. The van der Waals surface area contributed by atoms with E-state index in [1.807, 2.05) is 19.9 Å². The predicted octanol–water partition coefficient (Wildman–Crippen LogP) is 4.37. The van der Waals surface area contributed by atoms with Crippen molar-refractivity contribution in [1.82, 2.24) is 10.6 Å². The first-order valence-electron chi connectivity index (χ1n) is 17.1. The largest absolute Gasteiger partial charge is 0.459 e. The summed E-state index contributed by atoms with van der Waals surface area (Å²) < 4.78 is 50.8. The molecule has 0 radical (unpaired) electrons. The smallest absolute Gasteiger partial charge is 0.303 e. The van der Waals surface area contributed by atoms with Crippen molar-refractivity contribution >= 4 is 23.5 Å². The number of nitrogens with one attached hydrogen (secondary N) is 2. The van der Waals surface area contributed by atoms with E-state index >= 15 is 0 Å². The minimum atomic E-state index is -3.10. The van der Waals surface area contributed by atoms with Crippen molar-refractivity contribution in [3.63, 3.8) is 0 Å². The second-order valence-electron chi connectivity index (χ2n) is 13.9. The highest BCUT2D eigenvalue weighted by atomic mass is 19.3. The number of hydrogen-bond donors (Lipinski definition) is 4. The molecule has 4 rings (SSSR count). The molecule has 0 aliphatic carbocycles. The van der Waals surface area contributed by atoms with Crippen LogP contribution in [0.4, 0.5) is 14.5 Å². The molecule has 3 aliphatic rings. The number of nitrogens with two attached hydrogens (primary N) is 1. The molecule has 50 heavy (non-hydrogen) atoms. The third-order valence-corrected chi connectivity index (χ3v) is 9.42. The summed E-state index contributed by atoms with van der Waals surface area (Å²) in [7, 11) is 0. The van der Waals surface area contributed by atoms with Crippen LogP contribution in [0.15, 0.2) is 54.2 Å². The quantitative estimate of drug-likeness (QED) is 0.0769. The number of benzene rings is 1. The van der Waals surface area contributed by atoms with Gasteiger partial charge in [0.1, 0.15) is 23.9 Å². The highest BCUT2D eigenvalue weighted by molar-refractivity contribution is 5.87. The van der Waals surface area contributed by atoms with E-state index in [2.05, 4.69) is 23.6 Å². The Hall–Kier alpha value is -3.65. The lowest BCUT2D eigenvalue weighted by atomic mass is 9.87. The van der Waals surface area contributed by atoms with E-state index in [1.54, 1.807) is 19.1 Å². The van der Waals surface area contributed by atoms with E-state index in [-0.39, 0.29) is 60.2 Å². The molecule has 1 aromatic rings. The van der Waals surface area contributed by atoms with Gasteiger partial charge in [0, 0.05) is 44.1 Å². The van der Waals surface area contributed by atoms with Gasteiger partial charge in [-0.25, -0.2) is 8.78 Å². The number of ether oxygens (including phenoxy) is 4. The summed E-state index contributed by atoms with van der Waals surface area (Å²) in [6, 6.07) is 4.13. The number of carbonyl (C=O) groups excluding carboxylic acids is 3. The van der Waals surface area contributed by atoms with Crippen LogP contribution in [-0.4, -0.2) is 77.8 Å². The molecule has 3 saturated heterocycles. The Morgan fingerprint density at radius 3 is 2.58 bits per heavy atom. The Balaban J connectivity index is 1.27. The maximum Gasteiger partial charge on any atom is 0.303 e. The lowest BCUT2D eigenvalue weighted by molar-refractivity contribution is -0.145. The Kier molecular flexibility index (Phi) is 13.0. The first-order valence-corrected chi connectivity index (χ1v) is 17.1. The predicted molar refractivity (Wildman–Crippen MR) is 183 cm³/mol. The number of alkyl halides is 2.